The van der Waals surface area contributed by atoms with Crippen LogP contribution in [0.2, 0.25) is 0 Å². The van der Waals surface area contributed by atoms with Crippen molar-refractivity contribution in [3.05, 3.63) is 106 Å². The highest BCUT2D eigenvalue weighted by Crippen LogP contribution is 2.52. The van der Waals surface area contributed by atoms with Crippen molar-refractivity contribution in [1.29, 1.82) is 0 Å². The third-order valence-electron chi connectivity index (χ3n) is 21.8. The minimum atomic E-state index is -0.901. The van der Waals surface area contributed by atoms with Crippen molar-refractivity contribution in [1.82, 2.24) is 55.1 Å². The van der Waals surface area contributed by atoms with Gasteiger partial charge in [0.1, 0.15) is 23.4 Å². The average Bonchev–Trinajstić information content (AvgIpc) is 1.55. The van der Waals surface area contributed by atoms with E-state index in [2.05, 4.69) is 66.9 Å². The molecule has 6 aliphatic rings. The molecule has 5 N–H and O–H groups in total. The van der Waals surface area contributed by atoms with Gasteiger partial charge in [-0.3, -0.25) is 33.7 Å². The smallest absolute Gasteiger partial charge is 0.251 e. The van der Waals surface area contributed by atoms with E-state index in [-0.39, 0.29) is 84.7 Å². The predicted octanol–water partition coefficient (Wildman–Crippen LogP) is 11.3. The van der Waals surface area contributed by atoms with Gasteiger partial charge < -0.3 is 50.5 Å². The van der Waals surface area contributed by atoms with Crippen LogP contribution in [-0.2, 0) is 29.4 Å². The molecule has 6 aromatic rings. The molecule has 524 valence electrons. The first-order chi connectivity index (χ1) is 46.8. The maximum Gasteiger partial charge on any atom is 0.251 e. The Balaban J connectivity index is 0.647. The second-order valence-corrected chi connectivity index (χ2v) is 31.3. The maximum atomic E-state index is 16.0. The number of aryl methyl sites for hydroxylation is 2. The number of aliphatic hydroxyl groups is 1. The summed E-state index contributed by atoms with van der Waals surface area (Å²) in [6.07, 6.45) is 12.1. The van der Waals surface area contributed by atoms with Crippen molar-refractivity contribution in [2.75, 3.05) is 62.6 Å². The Hall–Kier alpha value is -7.66. The van der Waals surface area contributed by atoms with Gasteiger partial charge in [0, 0.05) is 73.5 Å². The molecular formula is C76H100FN13O7S. The Morgan fingerprint density at radius 3 is 2.19 bits per heavy atom. The zero-order chi connectivity index (χ0) is 69.5. The van der Waals surface area contributed by atoms with E-state index >= 15 is 9.18 Å². The van der Waals surface area contributed by atoms with Gasteiger partial charge in [0.05, 0.1) is 63.4 Å². The summed E-state index contributed by atoms with van der Waals surface area (Å²) in [6, 6.07) is 17.3. The third-order valence-corrected chi connectivity index (χ3v) is 22.7. The highest BCUT2D eigenvalue weighted by Gasteiger charge is 2.56. The molecule has 1 spiro atoms. The number of likely N-dealkylation sites (tertiary alicyclic amines) is 4. The number of aliphatic hydroxyl groups excluding tert-OH is 1. The molecule has 1 aliphatic carbocycles. The zero-order valence-electron chi connectivity index (χ0n) is 58.9. The van der Waals surface area contributed by atoms with E-state index < -0.39 is 34.8 Å². The Morgan fingerprint density at radius 2 is 1.52 bits per heavy atom. The van der Waals surface area contributed by atoms with E-state index in [9.17, 15) is 29.1 Å². The molecule has 0 radical (unpaired) electrons. The van der Waals surface area contributed by atoms with E-state index in [1.807, 2.05) is 99.8 Å². The molecule has 4 saturated heterocycles. The summed E-state index contributed by atoms with van der Waals surface area (Å²) in [7, 11) is 0. The van der Waals surface area contributed by atoms with Gasteiger partial charge in [-0.2, -0.15) is 0 Å². The molecule has 22 heteroatoms. The van der Waals surface area contributed by atoms with Crippen molar-refractivity contribution in [2.24, 2.45) is 11.3 Å². The number of unbranched alkanes of at least 4 members (excludes halogenated alkanes) is 1. The number of piperidine rings is 3. The first kappa shape index (κ1) is 70.2. The fourth-order valence-corrected chi connectivity index (χ4v) is 16.8. The van der Waals surface area contributed by atoms with Crippen LogP contribution in [0.4, 0.5) is 21.6 Å². The number of halogens is 1. The number of carbonyl (C=O) groups excluding carboxylic acids is 6. The van der Waals surface area contributed by atoms with Crippen molar-refractivity contribution >= 4 is 75.0 Å². The Bertz CT molecular complexity index is 3930. The lowest BCUT2D eigenvalue weighted by Crippen LogP contribution is -2.58. The second kappa shape index (κ2) is 29.3. The maximum absolute atomic E-state index is 16.0. The summed E-state index contributed by atoms with van der Waals surface area (Å²) in [5.74, 6) is -0.713. The number of nitrogens with one attached hydrogen (secondary N) is 4. The molecule has 12 rings (SSSR count). The van der Waals surface area contributed by atoms with Gasteiger partial charge in [-0.15, -0.1) is 11.3 Å². The highest BCUT2D eigenvalue weighted by atomic mass is 32.1. The Morgan fingerprint density at radius 1 is 0.806 bits per heavy atom. The topological polar surface area (TPSA) is 231 Å². The average molecular weight is 1360 g/mol. The van der Waals surface area contributed by atoms with Gasteiger partial charge in [-0.1, -0.05) is 76.4 Å². The number of thiazole rings is 1. The number of β-amino-alcohol motifs (C(OH)–C–C–N with tert-alkyl or cyclic N) is 1. The number of benzene rings is 3. The number of nitrogens with zero attached hydrogens (tertiary/aromatic N) is 9. The predicted molar refractivity (Wildman–Crippen MR) is 382 cm³/mol. The number of imidazole rings is 1. The number of aromatic nitrogens is 4. The van der Waals surface area contributed by atoms with Crippen LogP contribution in [0.1, 0.15) is 190 Å². The lowest BCUT2D eigenvalue weighted by molar-refractivity contribution is -0.144. The number of anilines is 3. The molecule has 6 amide bonds. The number of carbonyl (C=O) groups is 6. The fourth-order valence-electron chi connectivity index (χ4n) is 15.9. The molecular weight excluding hydrogens is 1260 g/mol. The van der Waals surface area contributed by atoms with Crippen molar-refractivity contribution in [3.63, 3.8) is 0 Å². The number of amides is 6. The van der Waals surface area contributed by atoms with Crippen LogP contribution in [0, 0.1) is 31.0 Å². The standard InChI is InChI=1S/C76H100FN13O7S/c1-45(2)80-71(94)57-39-61(59(77)34-47(57)5)83-70-67-62(78-43-89(67)46(3)4)40-60(82-70)53-22-23-58-63(35-53)90(55-36-54(37-55)86-28-14-11-15-29-86)74(97)76(58)26-32-87(33-27-76)66(93)42-85-30-24-50(25-31-85)16-12-13-17-65(92)84-69(75(8,9)10)73(96)88-41-56(91)38-64(88)72(95)81-48(6)51-18-20-52(21-19-51)68-49(7)79-44-98-68/h18-23,34-35,39-40,43-46,48,50,54-56,64,69,91H,11-17,24-33,36-38,41-42H2,1-10H3,(H,80,94)(H,81,95)(H,82,83)(H,84,92)/t48-,54-,55+,56+,64-,69+/m0/s1. The molecule has 1 saturated carbocycles. The lowest BCUT2D eigenvalue weighted by atomic mass is 9.73. The minimum absolute atomic E-state index is 0.00234. The van der Waals surface area contributed by atoms with E-state index in [4.69, 9.17) is 9.97 Å². The monoisotopic (exact) mass is 1360 g/mol. The van der Waals surface area contributed by atoms with Gasteiger partial charge in [-0.05, 0) is 190 Å². The van der Waals surface area contributed by atoms with E-state index in [1.54, 1.807) is 30.7 Å². The molecule has 8 heterocycles. The van der Waals surface area contributed by atoms with Crippen LogP contribution in [-0.4, -0.2) is 168 Å². The molecule has 0 unspecified atom stereocenters. The summed E-state index contributed by atoms with van der Waals surface area (Å²) >= 11 is 1.58. The summed E-state index contributed by atoms with van der Waals surface area (Å²) in [5, 5.41) is 23.1. The quantitative estimate of drug-likeness (QED) is 0.0423. The van der Waals surface area contributed by atoms with Crippen LogP contribution >= 0.6 is 11.3 Å². The first-order valence-corrected chi connectivity index (χ1v) is 36.8. The third kappa shape index (κ3) is 14.8. The molecule has 3 aromatic carbocycles. The largest absolute Gasteiger partial charge is 0.391 e. The Kier molecular flexibility index (Phi) is 21.0. The number of pyridine rings is 1. The van der Waals surface area contributed by atoms with Gasteiger partial charge in [0.15, 0.2) is 5.82 Å². The lowest BCUT2D eigenvalue weighted by Gasteiger charge is -2.48. The van der Waals surface area contributed by atoms with E-state index in [1.165, 1.54) is 30.2 Å². The molecule has 5 fully saturated rings. The van der Waals surface area contributed by atoms with Crippen molar-refractivity contribution < 1.29 is 38.3 Å². The minimum Gasteiger partial charge on any atom is -0.391 e. The van der Waals surface area contributed by atoms with Crippen molar-refractivity contribution in [2.45, 2.75) is 213 Å². The van der Waals surface area contributed by atoms with Gasteiger partial charge in [0.2, 0.25) is 29.5 Å². The molecule has 0 bridgehead atoms. The van der Waals surface area contributed by atoms with Gasteiger partial charge >= 0.3 is 0 Å². The van der Waals surface area contributed by atoms with Crippen LogP contribution in [0.25, 0.3) is 32.7 Å². The molecule has 4 atom stereocenters. The van der Waals surface area contributed by atoms with Crippen LogP contribution in [0.5, 0.6) is 0 Å². The van der Waals surface area contributed by atoms with Crippen LogP contribution < -0.4 is 26.2 Å². The number of fused-ring (bicyclic) bond motifs is 3. The van der Waals surface area contributed by atoms with Crippen LogP contribution in [0.3, 0.4) is 0 Å². The molecule has 20 nitrogen and oxygen atoms in total. The zero-order valence-corrected chi connectivity index (χ0v) is 59.7. The van der Waals surface area contributed by atoms with Gasteiger partial charge in [-0.25, -0.2) is 19.3 Å². The van der Waals surface area contributed by atoms with E-state index in [0.717, 1.165) is 103 Å². The number of hydrogen-bond donors (Lipinski definition) is 5. The van der Waals surface area contributed by atoms with Crippen molar-refractivity contribution in [3.8, 4) is 21.7 Å². The first-order valence-electron chi connectivity index (χ1n) is 35.9. The summed E-state index contributed by atoms with van der Waals surface area (Å²) in [5.41, 5.74) is 8.93. The molecule has 3 aromatic heterocycles. The number of hydrogen-bond acceptors (Lipinski definition) is 14. The Labute approximate surface area is 580 Å². The van der Waals surface area contributed by atoms with Gasteiger partial charge in [0.25, 0.3) is 5.91 Å². The number of rotatable bonds is 21. The highest BCUT2D eigenvalue weighted by molar-refractivity contribution is 7.13. The summed E-state index contributed by atoms with van der Waals surface area (Å²) in [6.45, 7) is 24.2. The second-order valence-electron chi connectivity index (χ2n) is 30.5. The van der Waals surface area contributed by atoms with E-state index in [0.29, 0.717) is 84.5 Å². The SMILES string of the molecule is Cc1cc(F)c(Nc2nc(-c3ccc4c(c3)N([C@H]3C[C@@H](N5CCCCC5)C3)C(=O)C43CCN(C(=O)CN4CCC(CCCCC(=O)N[C@H](C(=O)N5C[C@H](O)C[C@H]5C(=O)N[C@@H](C)c5ccc(-c6scnc6C)cc5)C(C)(C)C)CC4)CC3)cc3ncn(C(C)C)c23)cc1C(=O)NC(C)C. The normalized spacial score (nSPS) is 21.4. The van der Waals surface area contributed by atoms with Crippen LogP contribution in [0.15, 0.2) is 72.5 Å². The molecule has 5 aliphatic heterocycles. The fraction of sp³-hybridized carbons (Fsp3) is 0.566. The summed E-state index contributed by atoms with van der Waals surface area (Å²) in [4.78, 5) is 111. The molecule has 98 heavy (non-hydrogen) atoms. The summed E-state index contributed by atoms with van der Waals surface area (Å²) < 4.78 is 18.0.